The summed E-state index contributed by atoms with van der Waals surface area (Å²) in [5.41, 5.74) is 2.12. The maximum Gasteiger partial charge on any atom is 0.269 e. The molecule has 0 radical (unpaired) electrons. The zero-order valence-corrected chi connectivity index (χ0v) is 13.0. The molecule has 0 amide bonds. The predicted molar refractivity (Wildman–Crippen MR) is 85.6 cm³/mol. The first kappa shape index (κ1) is 15.8. The SMILES string of the molecule is CNc1ccc([N+](=O)[O-])cc1CN(C)CC1CCCCC1. The number of non-ortho nitro benzene ring substituents is 1. The summed E-state index contributed by atoms with van der Waals surface area (Å²) in [6, 6.07) is 5.03. The van der Waals surface area contributed by atoms with Crippen molar-refractivity contribution in [1.29, 1.82) is 0 Å². The Balaban J connectivity index is 2.02. The Morgan fingerprint density at radius 1 is 1.33 bits per heavy atom. The molecule has 5 nitrogen and oxygen atoms in total. The largest absolute Gasteiger partial charge is 0.388 e. The Bertz CT molecular complexity index is 484. The summed E-state index contributed by atoms with van der Waals surface area (Å²) in [5, 5.41) is 14.0. The average molecular weight is 291 g/mol. The fraction of sp³-hybridized carbons (Fsp3) is 0.625. The van der Waals surface area contributed by atoms with Gasteiger partial charge in [0.2, 0.25) is 0 Å². The molecule has 21 heavy (non-hydrogen) atoms. The van der Waals surface area contributed by atoms with Crippen LogP contribution in [0.2, 0.25) is 0 Å². The van der Waals surface area contributed by atoms with Crippen molar-refractivity contribution in [3.05, 3.63) is 33.9 Å². The van der Waals surface area contributed by atoms with Crippen molar-refractivity contribution in [1.82, 2.24) is 4.90 Å². The molecule has 1 N–H and O–H groups in total. The predicted octanol–water partition coefficient (Wildman–Crippen LogP) is 3.65. The number of anilines is 1. The van der Waals surface area contributed by atoms with E-state index in [2.05, 4.69) is 17.3 Å². The van der Waals surface area contributed by atoms with Crippen LogP contribution in [0.4, 0.5) is 11.4 Å². The van der Waals surface area contributed by atoms with Crippen molar-refractivity contribution in [3.63, 3.8) is 0 Å². The molecule has 1 saturated carbocycles. The van der Waals surface area contributed by atoms with Gasteiger partial charge in [0, 0.05) is 38.0 Å². The lowest BCUT2D eigenvalue weighted by Gasteiger charge is -2.27. The molecule has 1 aromatic rings. The van der Waals surface area contributed by atoms with Gasteiger partial charge < -0.3 is 10.2 Å². The van der Waals surface area contributed by atoms with Gasteiger partial charge in [-0.05, 0) is 37.4 Å². The Kier molecular flexibility index (Phi) is 5.56. The summed E-state index contributed by atoms with van der Waals surface area (Å²) in [4.78, 5) is 12.9. The molecule has 0 aromatic heterocycles. The van der Waals surface area contributed by atoms with E-state index in [4.69, 9.17) is 0 Å². The van der Waals surface area contributed by atoms with Crippen LogP contribution in [0.25, 0.3) is 0 Å². The lowest BCUT2D eigenvalue weighted by Crippen LogP contribution is -2.27. The summed E-state index contributed by atoms with van der Waals surface area (Å²) < 4.78 is 0. The lowest BCUT2D eigenvalue weighted by molar-refractivity contribution is -0.384. The molecule has 0 heterocycles. The van der Waals surface area contributed by atoms with E-state index < -0.39 is 0 Å². The van der Waals surface area contributed by atoms with Crippen molar-refractivity contribution < 1.29 is 4.92 Å². The molecule has 1 aromatic carbocycles. The Morgan fingerprint density at radius 3 is 2.67 bits per heavy atom. The third-order valence-corrected chi connectivity index (χ3v) is 4.30. The molecule has 1 fully saturated rings. The third kappa shape index (κ3) is 4.43. The van der Waals surface area contributed by atoms with Crippen molar-refractivity contribution in [2.75, 3.05) is 26.0 Å². The fourth-order valence-electron chi connectivity index (χ4n) is 3.23. The topological polar surface area (TPSA) is 58.4 Å². The van der Waals surface area contributed by atoms with Gasteiger partial charge in [-0.3, -0.25) is 10.1 Å². The molecule has 0 aliphatic heterocycles. The second-order valence-electron chi connectivity index (χ2n) is 6.05. The minimum absolute atomic E-state index is 0.162. The summed E-state index contributed by atoms with van der Waals surface area (Å²) in [7, 11) is 3.96. The number of nitro groups is 1. The van der Waals surface area contributed by atoms with Gasteiger partial charge in [-0.1, -0.05) is 19.3 Å². The van der Waals surface area contributed by atoms with E-state index in [1.807, 2.05) is 7.05 Å². The van der Waals surface area contributed by atoms with E-state index in [0.29, 0.717) is 0 Å². The quantitative estimate of drug-likeness (QED) is 0.642. The van der Waals surface area contributed by atoms with Crippen LogP contribution in [0.3, 0.4) is 0 Å². The zero-order chi connectivity index (χ0) is 15.2. The van der Waals surface area contributed by atoms with E-state index in [9.17, 15) is 10.1 Å². The van der Waals surface area contributed by atoms with Crippen LogP contribution in [0.5, 0.6) is 0 Å². The van der Waals surface area contributed by atoms with Crippen molar-refractivity contribution in [2.24, 2.45) is 5.92 Å². The first-order valence-corrected chi connectivity index (χ1v) is 7.73. The number of hydrogen-bond donors (Lipinski definition) is 1. The van der Waals surface area contributed by atoms with Crippen LogP contribution in [-0.4, -0.2) is 30.5 Å². The molecule has 116 valence electrons. The van der Waals surface area contributed by atoms with E-state index in [-0.39, 0.29) is 10.6 Å². The molecular formula is C16H25N3O2. The molecule has 1 aliphatic carbocycles. The fourth-order valence-corrected chi connectivity index (χ4v) is 3.23. The molecule has 5 heteroatoms. The van der Waals surface area contributed by atoms with Gasteiger partial charge in [-0.2, -0.15) is 0 Å². The van der Waals surface area contributed by atoms with Crippen molar-refractivity contribution >= 4 is 11.4 Å². The number of nitro benzene ring substituents is 1. The highest BCUT2D eigenvalue weighted by atomic mass is 16.6. The molecular weight excluding hydrogens is 266 g/mol. The number of nitrogens with zero attached hydrogens (tertiary/aromatic N) is 2. The highest BCUT2D eigenvalue weighted by Crippen LogP contribution is 2.26. The number of rotatable bonds is 6. The van der Waals surface area contributed by atoms with Gasteiger partial charge in [0.25, 0.3) is 5.69 Å². The maximum absolute atomic E-state index is 10.9. The Labute approximate surface area is 126 Å². The van der Waals surface area contributed by atoms with Crippen LogP contribution in [0.1, 0.15) is 37.7 Å². The zero-order valence-electron chi connectivity index (χ0n) is 13.0. The van der Waals surface area contributed by atoms with Crippen molar-refractivity contribution in [3.8, 4) is 0 Å². The van der Waals surface area contributed by atoms with E-state index in [1.165, 1.54) is 32.1 Å². The Morgan fingerprint density at radius 2 is 2.05 bits per heavy atom. The molecule has 2 rings (SSSR count). The van der Waals surface area contributed by atoms with Crippen LogP contribution in [0, 0.1) is 16.0 Å². The van der Waals surface area contributed by atoms with Gasteiger partial charge in [0.05, 0.1) is 4.92 Å². The number of nitrogens with one attached hydrogen (secondary N) is 1. The van der Waals surface area contributed by atoms with Gasteiger partial charge in [0.1, 0.15) is 0 Å². The first-order valence-electron chi connectivity index (χ1n) is 7.73. The molecule has 0 spiro atoms. The highest BCUT2D eigenvalue weighted by Gasteiger charge is 2.17. The average Bonchev–Trinajstić information content (AvgIpc) is 2.48. The van der Waals surface area contributed by atoms with Crippen LogP contribution in [-0.2, 0) is 6.54 Å². The Hall–Kier alpha value is -1.62. The van der Waals surface area contributed by atoms with Crippen molar-refractivity contribution in [2.45, 2.75) is 38.6 Å². The van der Waals surface area contributed by atoms with Crippen LogP contribution in [0.15, 0.2) is 18.2 Å². The van der Waals surface area contributed by atoms with Gasteiger partial charge in [-0.15, -0.1) is 0 Å². The monoisotopic (exact) mass is 291 g/mol. The van der Waals surface area contributed by atoms with E-state index >= 15 is 0 Å². The smallest absolute Gasteiger partial charge is 0.269 e. The molecule has 0 atom stereocenters. The third-order valence-electron chi connectivity index (χ3n) is 4.30. The molecule has 0 saturated heterocycles. The standard InChI is InChI=1S/C16H25N3O2/c1-17-16-9-8-15(19(20)21)10-14(16)12-18(2)11-13-6-4-3-5-7-13/h8-10,13,17H,3-7,11-12H2,1-2H3. The van der Waals surface area contributed by atoms with E-state index in [1.54, 1.807) is 18.2 Å². The summed E-state index contributed by atoms with van der Waals surface area (Å²) in [6.07, 6.45) is 6.69. The summed E-state index contributed by atoms with van der Waals surface area (Å²) >= 11 is 0. The second-order valence-corrected chi connectivity index (χ2v) is 6.05. The van der Waals surface area contributed by atoms with Gasteiger partial charge >= 0.3 is 0 Å². The van der Waals surface area contributed by atoms with Crippen LogP contribution >= 0.6 is 0 Å². The summed E-state index contributed by atoms with van der Waals surface area (Å²) in [6.45, 7) is 1.82. The minimum atomic E-state index is -0.329. The molecule has 0 bridgehead atoms. The number of hydrogen-bond acceptors (Lipinski definition) is 4. The van der Waals surface area contributed by atoms with Gasteiger partial charge in [0.15, 0.2) is 0 Å². The summed E-state index contributed by atoms with van der Waals surface area (Å²) in [5.74, 6) is 0.778. The normalized spacial score (nSPS) is 16.1. The molecule has 1 aliphatic rings. The van der Waals surface area contributed by atoms with Gasteiger partial charge in [-0.25, -0.2) is 0 Å². The second kappa shape index (κ2) is 7.41. The number of benzene rings is 1. The molecule has 0 unspecified atom stereocenters. The maximum atomic E-state index is 10.9. The van der Waals surface area contributed by atoms with E-state index in [0.717, 1.165) is 30.3 Å². The highest BCUT2D eigenvalue weighted by molar-refractivity contribution is 5.55. The minimum Gasteiger partial charge on any atom is -0.388 e. The lowest BCUT2D eigenvalue weighted by atomic mass is 9.89. The van der Waals surface area contributed by atoms with Crippen LogP contribution < -0.4 is 5.32 Å². The first-order chi connectivity index (χ1) is 10.1.